The summed E-state index contributed by atoms with van der Waals surface area (Å²) < 4.78 is 38.1. The first-order chi connectivity index (χ1) is 38.5. The number of hydrogen-bond donors (Lipinski definition) is 5. The third kappa shape index (κ3) is 12.9. The van der Waals surface area contributed by atoms with Crippen LogP contribution >= 0.6 is 46.7 Å². The summed E-state index contributed by atoms with van der Waals surface area (Å²) in [5, 5.41) is 12.2. The van der Waals surface area contributed by atoms with Crippen molar-refractivity contribution in [2.45, 2.75) is 149 Å². The van der Waals surface area contributed by atoms with Crippen LogP contribution in [0, 0.1) is 24.7 Å². The molecule has 2 fully saturated rings. The largest absolute Gasteiger partial charge is 0.461 e. The molecular formula is C58H72Cl2N12O5S4. The number of piperidine rings is 2. The number of nitrogens with zero attached hydrogens (tertiary/aromatic N) is 8. The number of esters is 1. The fourth-order valence-corrected chi connectivity index (χ4v) is 15.2. The number of carbonyl (C=O) groups is 1. The molecule has 4 atom stereocenters. The summed E-state index contributed by atoms with van der Waals surface area (Å²) >= 11 is 15.4. The summed E-state index contributed by atoms with van der Waals surface area (Å²) in [5.74, 6) is 1.21. The maximum Gasteiger partial charge on any atom is 0.360 e. The summed E-state index contributed by atoms with van der Waals surface area (Å²) in [6.45, 7) is 20.4. The van der Waals surface area contributed by atoms with Gasteiger partial charge in [-0.05, 0) is 146 Å². The number of fused-ring (bicyclic) bond motifs is 2. The summed E-state index contributed by atoms with van der Waals surface area (Å²) in [7, 11) is -2.40. The number of nitrogens with two attached hydrogens (primary N) is 2. The summed E-state index contributed by atoms with van der Waals surface area (Å²) in [6.07, 6.45) is 8.56. The molecule has 0 amide bonds. The molecule has 17 nitrogen and oxygen atoms in total. The van der Waals surface area contributed by atoms with Gasteiger partial charge in [-0.25, -0.2) is 52.6 Å². The zero-order valence-electron chi connectivity index (χ0n) is 47.3. The third-order valence-corrected chi connectivity index (χ3v) is 22.0. The highest BCUT2D eigenvalue weighted by Crippen LogP contribution is 2.54. The smallest absolute Gasteiger partial charge is 0.360 e. The van der Waals surface area contributed by atoms with E-state index in [2.05, 4.69) is 77.7 Å². The van der Waals surface area contributed by atoms with Gasteiger partial charge in [-0.15, -0.1) is 0 Å². The Kier molecular flexibility index (Phi) is 18.5. The first-order valence-corrected chi connectivity index (χ1v) is 31.9. The number of aliphatic hydroxyl groups is 1. The van der Waals surface area contributed by atoms with E-state index < -0.39 is 27.9 Å². The van der Waals surface area contributed by atoms with Gasteiger partial charge in [0.05, 0.1) is 78.2 Å². The van der Waals surface area contributed by atoms with E-state index in [1.807, 2.05) is 55.4 Å². The fraction of sp³-hybridized carbons (Fsp3) is 0.466. The second-order valence-corrected chi connectivity index (χ2v) is 29.9. The Balaban J connectivity index is 0.000000196. The monoisotopic (exact) mass is 1210 g/mol. The number of carbonyl (C=O) groups excluding carboxylic acids is 1. The van der Waals surface area contributed by atoms with Gasteiger partial charge in [0.25, 0.3) is 0 Å². The molecule has 2 aliphatic heterocycles. The molecule has 0 unspecified atom stereocenters. The van der Waals surface area contributed by atoms with E-state index in [0.29, 0.717) is 61.1 Å². The minimum absolute atomic E-state index is 0.0235. The molecule has 0 radical (unpaired) electrons. The van der Waals surface area contributed by atoms with Crippen LogP contribution in [-0.4, -0.2) is 91.7 Å². The van der Waals surface area contributed by atoms with Gasteiger partial charge in [-0.2, -0.15) is 0 Å². The van der Waals surface area contributed by atoms with Crippen LogP contribution in [0.15, 0.2) is 92.9 Å². The minimum atomic E-state index is -1.22. The van der Waals surface area contributed by atoms with Crippen molar-refractivity contribution < 1.29 is 23.1 Å². The number of hydrogen-bond acceptors (Lipinski definition) is 17. The van der Waals surface area contributed by atoms with Crippen molar-refractivity contribution in [3.05, 3.63) is 128 Å². The first kappa shape index (κ1) is 60.6. The zero-order chi connectivity index (χ0) is 58.2. The predicted octanol–water partition coefficient (Wildman–Crippen LogP) is 10.7. The van der Waals surface area contributed by atoms with E-state index in [-0.39, 0.29) is 63.0 Å². The maximum atomic E-state index is 13.3. The highest BCUT2D eigenvalue weighted by Gasteiger charge is 2.51. The molecule has 23 heteroatoms. The zero-order valence-corrected chi connectivity index (χ0v) is 52.0. The highest BCUT2D eigenvalue weighted by atomic mass is 35.5. The van der Waals surface area contributed by atoms with E-state index in [0.717, 1.165) is 62.2 Å². The normalized spacial score (nSPS) is 19.0. The number of pyridine rings is 2. The second-order valence-electron chi connectivity index (χ2n) is 23.1. The molecule has 2 saturated heterocycles. The van der Waals surface area contributed by atoms with Crippen molar-refractivity contribution in [3.63, 3.8) is 0 Å². The number of aryl methyl sites for hydroxylation is 2. The number of halogens is 2. The lowest BCUT2D eigenvalue weighted by Gasteiger charge is -2.44. The molecule has 4 aliphatic rings. The standard InChI is InChI=1S/C30H37ClN6O3S2.C28H35ClN6O2S2/c1-6-40-28(38)23-26(34-18(2)27(35-23)41-21-11-14-33-25(32)22(21)31)37-15-12-30(13-16-37)17-19-9-7-8-10-20(19)24(30)36-42(39)29(3,4)5;1-17-26(38-21-9-12-31-24(30)22(21)29)33-20(16-36)25(32-17)35-13-10-28(11-14-35)15-18-7-5-6-8-19(18)23(28)34-39(37)27(2,3)4/h7-11,14,24,36H,6,12-13,15-17H2,1-5H3,(H2,32,33);5-9,12,23,34,36H,10-11,13-16H2,1-4H3,(H2,30,31)/t24-,42-;23-,39-/m11/s1. The van der Waals surface area contributed by atoms with E-state index in [9.17, 15) is 18.3 Å². The molecule has 7 N–H and O–H groups in total. The first-order valence-electron chi connectivity index (χ1n) is 27.2. The quantitative estimate of drug-likeness (QED) is 0.0676. The fourth-order valence-electron chi connectivity index (χ4n) is 11.2. The van der Waals surface area contributed by atoms with Gasteiger partial charge >= 0.3 is 5.97 Å². The van der Waals surface area contributed by atoms with Gasteiger partial charge in [0.1, 0.15) is 27.4 Å². The molecule has 0 bridgehead atoms. The Morgan fingerprint density at radius 2 is 1.11 bits per heavy atom. The van der Waals surface area contributed by atoms with Gasteiger partial charge in [0, 0.05) is 48.4 Å². The van der Waals surface area contributed by atoms with Gasteiger partial charge in [-0.1, -0.05) is 95.3 Å². The lowest BCUT2D eigenvalue weighted by Crippen LogP contribution is -2.48. The van der Waals surface area contributed by atoms with Crippen molar-refractivity contribution in [3.8, 4) is 0 Å². The number of nitrogens with one attached hydrogen (secondary N) is 2. The molecule has 4 aromatic heterocycles. The number of benzene rings is 2. The van der Waals surface area contributed by atoms with Crippen LogP contribution in [-0.2, 0) is 46.2 Å². The number of ether oxygens (including phenoxy) is 1. The topological polar surface area (TPSA) is 241 Å². The van der Waals surface area contributed by atoms with Crippen molar-refractivity contribution in [2.75, 3.05) is 54.1 Å². The number of aliphatic hydroxyl groups excluding tert-OH is 1. The van der Waals surface area contributed by atoms with Gasteiger partial charge in [0.2, 0.25) is 0 Å². The van der Waals surface area contributed by atoms with Crippen LogP contribution in [0.25, 0.3) is 0 Å². The van der Waals surface area contributed by atoms with Crippen molar-refractivity contribution in [1.82, 2.24) is 39.3 Å². The number of rotatable bonds is 13. The second kappa shape index (κ2) is 24.7. The number of anilines is 4. The maximum absolute atomic E-state index is 13.3. The van der Waals surface area contributed by atoms with E-state index >= 15 is 0 Å². The lowest BCUT2D eigenvalue weighted by atomic mass is 9.73. The molecule has 2 spiro atoms. The van der Waals surface area contributed by atoms with Gasteiger partial charge in [-0.3, -0.25) is 0 Å². The van der Waals surface area contributed by atoms with Gasteiger partial charge in [0.15, 0.2) is 17.3 Å². The summed E-state index contributed by atoms with van der Waals surface area (Å²) in [6, 6.07) is 20.5. The Hall–Kier alpha value is -4.97. The average Bonchev–Trinajstić information content (AvgIpc) is 4.17. The third-order valence-electron chi connectivity index (χ3n) is 15.6. The molecule has 432 valence electrons. The van der Waals surface area contributed by atoms with Crippen LogP contribution in [0.5, 0.6) is 0 Å². The molecule has 81 heavy (non-hydrogen) atoms. The summed E-state index contributed by atoms with van der Waals surface area (Å²) in [5.41, 5.74) is 18.9. The van der Waals surface area contributed by atoms with Crippen LogP contribution in [0.2, 0.25) is 10.0 Å². The molecular weight excluding hydrogens is 1140 g/mol. The average molecular weight is 1220 g/mol. The van der Waals surface area contributed by atoms with E-state index in [1.165, 1.54) is 45.8 Å². The predicted molar refractivity (Wildman–Crippen MR) is 327 cm³/mol. The van der Waals surface area contributed by atoms with Crippen molar-refractivity contribution in [1.29, 1.82) is 0 Å². The van der Waals surface area contributed by atoms with E-state index in [1.54, 1.807) is 31.5 Å². The Bertz CT molecular complexity index is 3370. The lowest BCUT2D eigenvalue weighted by molar-refractivity contribution is 0.0518. The number of nitrogen functional groups attached to an aromatic ring is 2. The molecule has 2 aliphatic carbocycles. The minimum Gasteiger partial charge on any atom is -0.461 e. The molecule has 2 aromatic carbocycles. The summed E-state index contributed by atoms with van der Waals surface area (Å²) in [4.78, 5) is 46.3. The van der Waals surface area contributed by atoms with Crippen LogP contribution in [0.1, 0.15) is 136 Å². The highest BCUT2D eigenvalue weighted by molar-refractivity contribution is 7.99. The Morgan fingerprint density at radius 1 is 0.691 bits per heavy atom. The number of aromatic nitrogens is 6. The van der Waals surface area contributed by atoms with Crippen LogP contribution in [0.3, 0.4) is 0 Å². The Labute approximate surface area is 498 Å². The molecule has 0 saturated carbocycles. The van der Waals surface area contributed by atoms with Crippen molar-refractivity contribution >= 4 is 97.9 Å². The van der Waals surface area contributed by atoms with Gasteiger partial charge < -0.3 is 31.1 Å². The van der Waals surface area contributed by atoms with Crippen LogP contribution < -0.4 is 30.7 Å². The van der Waals surface area contributed by atoms with Crippen molar-refractivity contribution in [2.24, 2.45) is 10.8 Å². The van der Waals surface area contributed by atoms with E-state index in [4.69, 9.17) is 59.3 Å². The molecule has 10 rings (SSSR count). The van der Waals surface area contributed by atoms with Crippen LogP contribution in [0.4, 0.5) is 23.3 Å². The Morgan fingerprint density at radius 3 is 1.54 bits per heavy atom. The molecule has 6 heterocycles. The molecule has 6 aromatic rings. The SMILES string of the molecule is CCOC(=O)c1nc(Sc2ccnc(N)c2Cl)c(C)nc1N1CCC2(CC1)Cc1ccccc1[C@H]2N[S@](=O)C(C)(C)C.Cc1nc(N2CCC3(CC2)Cc2ccccc2[C@H]3N[S@](=O)C(C)(C)C)c(CO)nc1Sc1ccnc(N)c1Cl.